The number of hydrogen-bond acceptors (Lipinski definition) is 7. The summed E-state index contributed by atoms with van der Waals surface area (Å²) in [6.45, 7) is 2.06. The van der Waals surface area contributed by atoms with Gasteiger partial charge in [-0.2, -0.15) is 0 Å². The highest BCUT2D eigenvalue weighted by molar-refractivity contribution is 7.99. The van der Waals surface area contributed by atoms with E-state index in [2.05, 4.69) is 35.3 Å². The maximum atomic E-state index is 12.8. The maximum Gasteiger partial charge on any atom is 0.238 e. The van der Waals surface area contributed by atoms with Crippen molar-refractivity contribution < 1.29 is 13.2 Å². The number of aromatic nitrogens is 3. The summed E-state index contributed by atoms with van der Waals surface area (Å²) in [5, 5.41) is 16.4. The van der Waals surface area contributed by atoms with Crippen molar-refractivity contribution in [2.45, 2.75) is 42.2 Å². The summed E-state index contributed by atoms with van der Waals surface area (Å²) in [4.78, 5) is 12.7. The lowest BCUT2D eigenvalue weighted by Gasteiger charge is -2.17. The van der Waals surface area contributed by atoms with Crippen LogP contribution in [-0.4, -0.2) is 34.7 Å². The zero-order chi connectivity index (χ0) is 25.6. The first-order chi connectivity index (χ1) is 17.1. The number of hydrogen-bond donors (Lipinski definition) is 2. The van der Waals surface area contributed by atoms with Crippen molar-refractivity contribution in [3.05, 3.63) is 70.2 Å². The second-order valence-corrected chi connectivity index (χ2v) is 11.8. The fraction of sp³-hybridized carbons (Fsp3) is 0.240. The minimum Gasteiger partial charge on any atom is -0.368 e. The average Bonchev–Trinajstić information content (AvgIpc) is 3.61. The summed E-state index contributed by atoms with van der Waals surface area (Å²) in [7, 11) is -3.87. The van der Waals surface area contributed by atoms with E-state index in [1.807, 2.05) is 12.1 Å². The van der Waals surface area contributed by atoms with Crippen LogP contribution in [0.1, 0.15) is 35.4 Å². The predicted octanol–water partition coefficient (Wildman–Crippen LogP) is 4.39. The Kier molecular flexibility index (Phi) is 6.54. The van der Waals surface area contributed by atoms with Crippen LogP contribution in [0.25, 0.3) is 16.5 Å². The summed E-state index contributed by atoms with van der Waals surface area (Å²) >= 11 is 7.44. The number of rotatable bonds is 8. The average molecular weight is 542 g/mol. The molecule has 1 fully saturated rings. The van der Waals surface area contributed by atoms with Gasteiger partial charge in [0.25, 0.3) is 0 Å². The Morgan fingerprint density at radius 3 is 2.53 bits per heavy atom. The number of fused-ring (bicyclic) bond motifs is 1. The number of ketones is 1. The van der Waals surface area contributed by atoms with Gasteiger partial charge in [-0.15, -0.1) is 10.2 Å². The van der Waals surface area contributed by atoms with E-state index in [1.54, 1.807) is 4.57 Å². The lowest BCUT2D eigenvalue weighted by molar-refractivity contribution is -0.116. The molecular weight excluding hydrogens is 518 g/mol. The zero-order valence-electron chi connectivity index (χ0n) is 19.4. The number of nitrogens with zero attached hydrogens (tertiary/aromatic N) is 3. The molecule has 11 heteroatoms. The highest BCUT2D eigenvalue weighted by Crippen LogP contribution is 2.45. The number of benzene rings is 3. The normalized spacial score (nSPS) is 13.9. The van der Waals surface area contributed by atoms with E-state index >= 15 is 0 Å². The highest BCUT2D eigenvalue weighted by atomic mass is 35.5. The van der Waals surface area contributed by atoms with E-state index in [-0.39, 0.29) is 33.8 Å². The number of Topliss-reactive ketones (excluding diaryl/α,β-unsaturated/α-hetero) is 1. The molecule has 1 aromatic heterocycles. The molecule has 4 N–H and O–H groups in total. The van der Waals surface area contributed by atoms with Crippen molar-refractivity contribution in [3.8, 4) is 5.69 Å². The molecule has 0 atom stereocenters. The molecule has 5 rings (SSSR count). The fourth-order valence-electron chi connectivity index (χ4n) is 4.40. The van der Waals surface area contributed by atoms with Crippen LogP contribution in [0.15, 0.2) is 58.6 Å². The number of carbonyl (C=O) groups excluding carboxylic acids is 1. The van der Waals surface area contributed by atoms with Crippen molar-refractivity contribution in [2.75, 3.05) is 11.5 Å². The van der Waals surface area contributed by atoms with Gasteiger partial charge in [0, 0.05) is 16.8 Å². The van der Waals surface area contributed by atoms with Gasteiger partial charge in [0.15, 0.2) is 5.16 Å². The monoisotopic (exact) mass is 541 g/mol. The van der Waals surface area contributed by atoms with Gasteiger partial charge < -0.3 is 5.73 Å². The second kappa shape index (κ2) is 9.51. The molecule has 1 heterocycles. The molecule has 36 heavy (non-hydrogen) atoms. The maximum absolute atomic E-state index is 12.8. The van der Waals surface area contributed by atoms with Crippen molar-refractivity contribution in [1.29, 1.82) is 0 Å². The van der Waals surface area contributed by atoms with Gasteiger partial charge in [0.2, 0.25) is 16.0 Å². The minimum absolute atomic E-state index is 0.0401. The largest absolute Gasteiger partial charge is 0.368 e. The summed E-state index contributed by atoms with van der Waals surface area (Å²) < 4.78 is 24.8. The molecule has 0 unspecified atom stereocenters. The molecule has 1 saturated carbocycles. The van der Waals surface area contributed by atoms with Gasteiger partial charge in [-0.3, -0.25) is 9.36 Å². The van der Waals surface area contributed by atoms with Gasteiger partial charge in [0.1, 0.15) is 5.78 Å². The molecule has 0 aliphatic heterocycles. The third-order valence-electron chi connectivity index (χ3n) is 6.24. The van der Waals surface area contributed by atoms with Gasteiger partial charge in [-0.1, -0.05) is 59.8 Å². The number of sulfonamides is 1. The number of primary sulfonamides is 1. The van der Waals surface area contributed by atoms with Crippen LogP contribution >= 0.6 is 23.4 Å². The first-order valence-electron chi connectivity index (χ1n) is 11.3. The smallest absolute Gasteiger partial charge is 0.238 e. The standard InChI is InChI=1S/C25H24ClN5O3S2/c1-14-10-21(15-6-7-15)19-4-2-3-5-20(19)23(14)31-24(27)29-30-25(31)35-13-17(32)11-16-8-9-18(12-22(16)26)36(28,33)34/h2-5,8-10,12,15H,6-7,11,13H2,1H3,(H2,27,29)(H2,28,33,34). The van der Waals surface area contributed by atoms with Crippen molar-refractivity contribution in [1.82, 2.24) is 14.8 Å². The number of aryl methyl sites for hydroxylation is 1. The van der Waals surface area contributed by atoms with E-state index in [0.717, 1.165) is 16.6 Å². The Morgan fingerprint density at radius 2 is 1.86 bits per heavy atom. The zero-order valence-corrected chi connectivity index (χ0v) is 21.8. The van der Waals surface area contributed by atoms with E-state index in [4.69, 9.17) is 22.5 Å². The van der Waals surface area contributed by atoms with Gasteiger partial charge in [-0.25, -0.2) is 13.6 Å². The second-order valence-electron chi connectivity index (χ2n) is 8.93. The van der Waals surface area contributed by atoms with Gasteiger partial charge in [0.05, 0.1) is 16.3 Å². The number of anilines is 1. The molecule has 0 saturated heterocycles. The highest BCUT2D eigenvalue weighted by Gasteiger charge is 2.27. The van der Waals surface area contributed by atoms with E-state index in [0.29, 0.717) is 16.6 Å². The quantitative estimate of drug-likeness (QED) is 0.316. The van der Waals surface area contributed by atoms with Crippen LogP contribution in [0, 0.1) is 6.92 Å². The Morgan fingerprint density at radius 1 is 1.14 bits per heavy atom. The van der Waals surface area contributed by atoms with Crippen LogP contribution in [0.2, 0.25) is 5.02 Å². The first-order valence-corrected chi connectivity index (χ1v) is 14.2. The van der Waals surface area contributed by atoms with Gasteiger partial charge >= 0.3 is 0 Å². The van der Waals surface area contributed by atoms with Crippen molar-refractivity contribution in [3.63, 3.8) is 0 Å². The molecular formula is C25H24ClN5O3S2. The number of halogens is 1. The van der Waals surface area contributed by atoms with Crippen molar-refractivity contribution >= 4 is 55.9 Å². The fourth-order valence-corrected chi connectivity index (χ4v) is 6.06. The first kappa shape index (κ1) is 24.8. The van der Waals surface area contributed by atoms with E-state index in [9.17, 15) is 13.2 Å². The summed E-state index contributed by atoms with van der Waals surface area (Å²) in [6, 6.07) is 14.6. The number of carbonyl (C=O) groups is 1. The predicted molar refractivity (Wildman–Crippen MR) is 142 cm³/mol. The molecule has 1 aliphatic rings. The topological polar surface area (TPSA) is 134 Å². The molecule has 1 aliphatic carbocycles. The lowest BCUT2D eigenvalue weighted by atomic mass is 9.96. The Balaban J connectivity index is 1.40. The molecule has 0 amide bonds. The molecule has 0 radical (unpaired) electrons. The van der Waals surface area contributed by atoms with Crippen LogP contribution in [0.5, 0.6) is 0 Å². The lowest BCUT2D eigenvalue weighted by Crippen LogP contribution is -2.13. The molecule has 8 nitrogen and oxygen atoms in total. The molecule has 3 aromatic carbocycles. The summed E-state index contributed by atoms with van der Waals surface area (Å²) in [5.74, 6) is 0.851. The molecule has 0 spiro atoms. The molecule has 0 bridgehead atoms. The van der Waals surface area contributed by atoms with Crippen LogP contribution in [-0.2, 0) is 21.2 Å². The van der Waals surface area contributed by atoms with E-state index in [1.165, 1.54) is 53.8 Å². The van der Waals surface area contributed by atoms with Gasteiger partial charge in [-0.05, 0) is 59.9 Å². The Hall–Kier alpha value is -2.92. The third kappa shape index (κ3) is 4.86. The number of nitrogen functional groups attached to an aromatic ring is 1. The van der Waals surface area contributed by atoms with Crippen molar-refractivity contribution in [2.24, 2.45) is 5.14 Å². The van der Waals surface area contributed by atoms with Crippen LogP contribution < -0.4 is 10.9 Å². The van der Waals surface area contributed by atoms with E-state index < -0.39 is 10.0 Å². The third-order valence-corrected chi connectivity index (χ3v) is 8.49. The molecule has 186 valence electrons. The molecule has 4 aromatic rings. The van der Waals surface area contributed by atoms with Crippen LogP contribution in [0.4, 0.5) is 5.95 Å². The number of nitrogens with two attached hydrogens (primary N) is 2. The van der Waals surface area contributed by atoms with Crippen LogP contribution in [0.3, 0.4) is 0 Å². The SMILES string of the molecule is Cc1cc(C2CC2)c2ccccc2c1-n1c(N)nnc1SCC(=O)Cc1ccc(S(N)(=O)=O)cc1Cl. The Bertz CT molecular complexity index is 1610. The summed E-state index contributed by atoms with van der Waals surface area (Å²) in [6.07, 6.45) is 2.45. The summed E-state index contributed by atoms with van der Waals surface area (Å²) in [5.41, 5.74) is 10.1. The minimum atomic E-state index is -3.87. The Labute approximate surface area is 218 Å². The number of thioether (sulfide) groups is 1.